The first-order valence-corrected chi connectivity index (χ1v) is 5.61. The van der Waals surface area contributed by atoms with Crippen molar-refractivity contribution in [2.75, 3.05) is 6.61 Å². The second-order valence-electron chi connectivity index (χ2n) is 3.34. The average Bonchev–Trinajstić information content (AvgIpc) is 2.10. The maximum Gasteiger partial charge on any atom is 0.0431 e. The van der Waals surface area contributed by atoms with Crippen LogP contribution in [0.3, 0.4) is 0 Å². The molecular formula is C10H22OS. The van der Waals surface area contributed by atoms with Crippen molar-refractivity contribution in [3.63, 3.8) is 0 Å². The van der Waals surface area contributed by atoms with Crippen molar-refractivity contribution in [3.05, 3.63) is 0 Å². The smallest absolute Gasteiger partial charge is 0.0431 e. The highest BCUT2D eigenvalue weighted by Crippen LogP contribution is 2.12. The molecule has 12 heavy (non-hydrogen) atoms. The second-order valence-corrected chi connectivity index (χ2v) is 4.07. The molecule has 0 aliphatic carbocycles. The standard InChI is InChI=1S/C10H22OS/c1-2-10(12)8-6-4-3-5-7-9-11/h10-12H,2-9H2,1H3. The molecule has 0 radical (unpaired) electrons. The summed E-state index contributed by atoms with van der Waals surface area (Å²) in [5.41, 5.74) is 0. The number of hydrogen-bond donors (Lipinski definition) is 2. The SMILES string of the molecule is CCC(S)CCCCCCCO. The largest absolute Gasteiger partial charge is 0.396 e. The average molecular weight is 190 g/mol. The van der Waals surface area contributed by atoms with Gasteiger partial charge in [0.2, 0.25) is 0 Å². The van der Waals surface area contributed by atoms with E-state index in [0.29, 0.717) is 11.9 Å². The van der Waals surface area contributed by atoms with E-state index in [0.717, 1.165) is 6.42 Å². The van der Waals surface area contributed by atoms with Crippen LogP contribution in [0.5, 0.6) is 0 Å². The van der Waals surface area contributed by atoms with Crippen LogP contribution < -0.4 is 0 Å². The zero-order valence-corrected chi connectivity index (χ0v) is 9.02. The van der Waals surface area contributed by atoms with Gasteiger partial charge in [-0.05, 0) is 19.3 Å². The Morgan fingerprint density at radius 3 is 2.25 bits per heavy atom. The van der Waals surface area contributed by atoms with E-state index in [1.165, 1.54) is 38.5 Å². The third-order valence-electron chi connectivity index (χ3n) is 2.17. The minimum Gasteiger partial charge on any atom is -0.396 e. The zero-order chi connectivity index (χ0) is 9.23. The number of unbranched alkanes of at least 4 members (excludes halogenated alkanes) is 4. The van der Waals surface area contributed by atoms with Gasteiger partial charge in [0.25, 0.3) is 0 Å². The van der Waals surface area contributed by atoms with Gasteiger partial charge >= 0.3 is 0 Å². The molecule has 0 aromatic heterocycles. The summed E-state index contributed by atoms with van der Waals surface area (Å²) in [6.07, 6.45) is 8.45. The molecule has 0 aromatic carbocycles. The lowest BCUT2D eigenvalue weighted by atomic mass is 10.1. The van der Waals surface area contributed by atoms with E-state index < -0.39 is 0 Å². The second kappa shape index (κ2) is 9.40. The number of aliphatic hydroxyl groups is 1. The van der Waals surface area contributed by atoms with Crippen LogP contribution in [0.1, 0.15) is 51.9 Å². The molecule has 0 rings (SSSR count). The molecule has 0 spiro atoms. The van der Waals surface area contributed by atoms with Gasteiger partial charge in [0, 0.05) is 11.9 Å². The van der Waals surface area contributed by atoms with E-state index in [2.05, 4.69) is 19.6 Å². The number of hydrogen-bond acceptors (Lipinski definition) is 2. The molecule has 0 aliphatic heterocycles. The van der Waals surface area contributed by atoms with Gasteiger partial charge in [-0.3, -0.25) is 0 Å². The van der Waals surface area contributed by atoms with Crippen LogP contribution in [-0.4, -0.2) is 17.0 Å². The summed E-state index contributed by atoms with van der Waals surface area (Å²) >= 11 is 4.43. The molecule has 0 saturated heterocycles. The highest BCUT2D eigenvalue weighted by molar-refractivity contribution is 7.80. The normalized spacial score (nSPS) is 13.2. The van der Waals surface area contributed by atoms with E-state index in [1.54, 1.807) is 0 Å². The Morgan fingerprint density at radius 1 is 1.08 bits per heavy atom. The minimum atomic E-state index is 0.351. The maximum absolute atomic E-state index is 8.54. The molecule has 1 unspecified atom stereocenters. The minimum absolute atomic E-state index is 0.351. The van der Waals surface area contributed by atoms with Crippen molar-refractivity contribution in [2.24, 2.45) is 0 Å². The Morgan fingerprint density at radius 2 is 1.67 bits per heavy atom. The summed E-state index contributed by atoms with van der Waals surface area (Å²) in [6, 6.07) is 0. The Labute approximate surface area is 82.0 Å². The monoisotopic (exact) mass is 190 g/mol. The zero-order valence-electron chi connectivity index (χ0n) is 8.13. The van der Waals surface area contributed by atoms with Crippen molar-refractivity contribution in [1.29, 1.82) is 0 Å². The van der Waals surface area contributed by atoms with Crippen LogP contribution in [0.15, 0.2) is 0 Å². The van der Waals surface area contributed by atoms with E-state index in [9.17, 15) is 0 Å². The van der Waals surface area contributed by atoms with Gasteiger partial charge < -0.3 is 5.11 Å². The van der Waals surface area contributed by atoms with Crippen molar-refractivity contribution >= 4 is 12.6 Å². The molecule has 0 bridgehead atoms. The molecule has 74 valence electrons. The number of thiol groups is 1. The van der Waals surface area contributed by atoms with Crippen LogP contribution in [0.2, 0.25) is 0 Å². The molecule has 1 nitrogen and oxygen atoms in total. The van der Waals surface area contributed by atoms with E-state index in [4.69, 9.17) is 5.11 Å². The summed E-state index contributed by atoms with van der Waals surface area (Å²) in [5.74, 6) is 0. The molecule has 2 heteroatoms. The fourth-order valence-electron chi connectivity index (χ4n) is 1.23. The lowest BCUT2D eigenvalue weighted by Crippen LogP contribution is -1.95. The van der Waals surface area contributed by atoms with Gasteiger partial charge in [0.05, 0.1) is 0 Å². The number of rotatable bonds is 8. The summed E-state index contributed by atoms with van der Waals surface area (Å²) in [6.45, 7) is 2.54. The summed E-state index contributed by atoms with van der Waals surface area (Å²) in [5, 5.41) is 9.14. The van der Waals surface area contributed by atoms with E-state index in [1.807, 2.05) is 0 Å². The van der Waals surface area contributed by atoms with E-state index in [-0.39, 0.29) is 0 Å². The van der Waals surface area contributed by atoms with Crippen LogP contribution in [0, 0.1) is 0 Å². The Hall–Kier alpha value is 0.310. The van der Waals surface area contributed by atoms with Crippen LogP contribution in [0.25, 0.3) is 0 Å². The Balaban J connectivity index is 2.90. The molecule has 0 saturated carbocycles. The summed E-state index contributed by atoms with van der Waals surface area (Å²) < 4.78 is 0. The number of aliphatic hydroxyl groups excluding tert-OH is 1. The van der Waals surface area contributed by atoms with Crippen LogP contribution >= 0.6 is 12.6 Å². The quantitative estimate of drug-likeness (QED) is 0.445. The van der Waals surface area contributed by atoms with Crippen molar-refractivity contribution in [2.45, 2.75) is 57.1 Å². The maximum atomic E-state index is 8.54. The van der Waals surface area contributed by atoms with E-state index >= 15 is 0 Å². The third kappa shape index (κ3) is 8.41. The molecule has 0 heterocycles. The fourth-order valence-corrected chi connectivity index (χ4v) is 1.41. The van der Waals surface area contributed by atoms with Crippen molar-refractivity contribution in [1.82, 2.24) is 0 Å². The third-order valence-corrected chi connectivity index (χ3v) is 2.79. The molecule has 1 atom stereocenters. The first-order chi connectivity index (χ1) is 5.81. The summed E-state index contributed by atoms with van der Waals surface area (Å²) in [7, 11) is 0. The van der Waals surface area contributed by atoms with Crippen LogP contribution in [-0.2, 0) is 0 Å². The Kier molecular flexibility index (Phi) is 9.64. The van der Waals surface area contributed by atoms with Crippen LogP contribution in [0.4, 0.5) is 0 Å². The van der Waals surface area contributed by atoms with Gasteiger partial charge in [-0.25, -0.2) is 0 Å². The van der Waals surface area contributed by atoms with Gasteiger partial charge in [-0.15, -0.1) is 0 Å². The molecule has 0 amide bonds. The Bertz CT molecular complexity index is 85.9. The first kappa shape index (κ1) is 12.3. The first-order valence-electron chi connectivity index (χ1n) is 5.10. The predicted molar refractivity (Wildman–Crippen MR) is 57.9 cm³/mol. The van der Waals surface area contributed by atoms with Crippen molar-refractivity contribution in [3.8, 4) is 0 Å². The lowest BCUT2D eigenvalue weighted by Gasteiger charge is -2.06. The van der Waals surface area contributed by atoms with Crippen molar-refractivity contribution < 1.29 is 5.11 Å². The molecule has 0 fully saturated rings. The van der Waals surface area contributed by atoms with Gasteiger partial charge in [0.15, 0.2) is 0 Å². The summed E-state index contributed by atoms with van der Waals surface area (Å²) in [4.78, 5) is 0. The highest BCUT2D eigenvalue weighted by atomic mass is 32.1. The topological polar surface area (TPSA) is 20.2 Å². The lowest BCUT2D eigenvalue weighted by molar-refractivity contribution is 0.282. The molecule has 0 aromatic rings. The molecular weight excluding hydrogens is 168 g/mol. The predicted octanol–water partition coefficient (Wildman–Crippen LogP) is 3.03. The van der Waals surface area contributed by atoms with Gasteiger partial charge in [-0.1, -0.05) is 32.6 Å². The van der Waals surface area contributed by atoms with Gasteiger partial charge in [-0.2, -0.15) is 12.6 Å². The highest BCUT2D eigenvalue weighted by Gasteiger charge is 1.98. The fraction of sp³-hybridized carbons (Fsp3) is 1.00. The molecule has 0 aliphatic rings. The van der Waals surface area contributed by atoms with Gasteiger partial charge in [0.1, 0.15) is 0 Å². The molecule has 1 N–H and O–H groups in total.